The van der Waals surface area contributed by atoms with Gasteiger partial charge in [-0.1, -0.05) is 0 Å². The van der Waals surface area contributed by atoms with E-state index in [2.05, 4.69) is 14.9 Å². The van der Waals surface area contributed by atoms with Crippen LogP contribution < -0.4 is 4.90 Å². The molecule has 0 aromatic carbocycles. The average Bonchev–Trinajstić information content (AvgIpc) is 2.29. The third-order valence-corrected chi connectivity index (χ3v) is 2.84. The molecule has 1 fully saturated rings. The Morgan fingerprint density at radius 1 is 1.38 bits per heavy atom. The van der Waals surface area contributed by atoms with Crippen LogP contribution in [0.1, 0.15) is 35.3 Å². The molecule has 1 N–H and O–H groups in total. The molecule has 0 aliphatic carbocycles. The number of carboxylic acids is 1. The Labute approximate surface area is 94.1 Å². The van der Waals surface area contributed by atoms with Gasteiger partial charge in [-0.05, 0) is 26.2 Å². The fourth-order valence-electron chi connectivity index (χ4n) is 1.91. The molecule has 5 heteroatoms. The van der Waals surface area contributed by atoms with E-state index < -0.39 is 5.97 Å². The van der Waals surface area contributed by atoms with Gasteiger partial charge in [0.25, 0.3) is 0 Å². The molecule has 2 rings (SSSR count). The molecular weight excluding hydrogens is 206 g/mol. The van der Waals surface area contributed by atoms with Crippen LogP contribution in [0.15, 0.2) is 6.20 Å². The Kier molecular flexibility index (Phi) is 3.03. The van der Waals surface area contributed by atoms with Crippen molar-refractivity contribution in [1.29, 1.82) is 0 Å². The van der Waals surface area contributed by atoms with Gasteiger partial charge in [0.15, 0.2) is 0 Å². The van der Waals surface area contributed by atoms with Crippen LogP contribution in [0.5, 0.6) is 0 Å². The van der Waals surface area contributed by atoms with E-state index in [-0.39, 0.29) is 5.56 Å². The molecule has 0 bridgehead atoms. The van der Waals surface area contributed by atoms with E-state index in [4.69, 9.17) is 5.11 Å². The van der Waals surface area contributed by atoms with Crippen molar-refractivity contribution in [2.24, 2.45) is 0 Å². The molecule has 0 atom stereocenters. The second kappa shape index (κ2) is 4.47. The molecule has 2 heterocycles. The zero-order valence-electron chi connectivity index (χ0n) is 9.31. The van der Waals surface area contributed by atoms with Gasteiger partial charge in [0.05, 0.1) is 11.3 Å². The minimum absolute atomic E-state index is 0.181. The van der Waals surface area contributed by atoms with Crippen LogP contribution in [0.25, 0.3) is 0 Å². The molecule has 0 radical (unpaired) electrons. The van der Waals surface area contributed by atoms with Gasteiger partial charge in [-0.15, -0.1) is 0 Å². The van der Waals surface area contributed by atoms with Gasteiger partial charge in [-0.2, -0.15) is 0 Å². The summed E-state index contributed by atoms with van der Waals surface area (Å²) in [6, 6.07) is 0. The number of aromatic nitrogens is 2. The van der Waals surface area contributed by atoms with E-state index in [1.165, 1.54) is 12.6 Å². The molecule has 0 spiro atoms. The Morgan fingerprint density at radius 2 is 2.06 bits per heavy atom. The van der Waals surface area contributed by atoms with Crippen molar-refractivity contribution in [3.05, 3.63) is 17.5 Å². The largest absolute Gasteiger partial charge is 0.478 e. The van der Waals surface area contributed by atoms with Crippen molar-refractivity contribution < 1.29 is 9.90 Å². The maximum Gasteiger partial charge on any atom is 0.339 e. The van der Waals surface area contributed by atoms with Crippen molar-refractivity contribution in [1.82, 2.24) is 9.97 Å². The molecule has 0 unspecified atom stereocenters. The lowest BCUT2D eigenvalue weighted by atomic mass is 10.1. The Hall–Kier alpha value is -1.65. The zero-order valence-corrected chi connectivity index (χ0v) is 9.31. The molecule has 1 aromatic heterocycles. The SMILES string of the molecule is Cc1nc(N2CCCCC2)ncc1C(=O)O. The monoisotopic (exact) mass is 221 g/mol. The number of carboxylic acid groups (broad SMARTS) is 1. The summed E-state index contributed by atoms with van der Waals surface area (Å²) in [5, 5.41) is 8.87. The molecule has 5 nitrogen and oxygen atoms in total. The van der Waals surface area contributed by atoms with Crippen LogP contribution >= 0.6 is 0 Å². The van der Waals surface area contributed by atoms with Gasteiger partial charge in [0.1, 0.15) is 0 Å². The summed E-state index contributed by atoms with van der Waals surface area (Å²) in [6.07, 6.45) is 4.96. The summed E-state index contributed by atoms with van der Waals surface area (Å²) in [6.45, 7) is 3.64. The molecule has 1 aliphatic heterocycles. The third-order valence-electron chi connectivity index (χ3n) is 2.84. The van der Waals surface area contributed by atoms with Crippen molar-refractivity contribution >= 4 is 11.9 Å². The second-order valence-corrected chi connectivity index (χ2v) is 4.02. The highest BCUT2D eigenvalue weighted by Gasteiger charge is 2.16. The highest BCUT2D eigenvalue weighted by Crippen LogP contribution is 2.16. The van der Waals surface area contributed by atoms with Crippen LogP contribution in [-0.4, -0.2) is 34.1 Å². The van der Waals surface area contributed by atoms with Gasteiger partial charge in [-0.25, -0.2) is 14.8 Å². The normalized spacial score (nSPS) is 16.2. The molecule has 86 valence electrons. The number of aromatic carboxylic acids is 1. The summed E-state index contributed by atoms with van der Waals surface area (Å²) in [4.78, 5) is 21.3. The Bertz CT molecular complexity index is 400. The van der Waals surface area contributed by atoms with E-state index in [9.17, 15) is 4.79 Å². The lowest BCUT2D eigenvalue weighted by Gasteiger charge is -2.26. The summed E-state index contributed by atoms with van der Waals surface area (Å²) < 4.78 is 0. The van der Waals surface area contributed by atoms with Crippen molar-refractivity contribution in [3.8, 4) is 0 Å². The molecule has 0 saturated carbocycles. The first kappa shape index (κ1) is 10.9. The maximum absolute atomic E-state index is 10.8. The summed E-state index contributed by atoms with van der Waals surface area (Å²) in [5.41, 5.74) is 0.712. The first-order valence-corrected chi connectivity index (χ1v) is 5.50. The summed E-state index contributed by atoms with van der Waals surface area (Å²) in [5.74, 6) is -0.315. The Morgan fingerprint density at radius 3 is 2.62 bits per heavy atom. The first-order valence-electron chi connectivity index (χ1n) is 5.50. The summed E-state index contributed by atoms with van der Waals surface area (Å²) in [7, 11) is 0. The smallest absolute Gasteiger partial charge is 0.339 e. The zero-order chi connectivity index (χ0) is 11.5. The standard InChI is InChI=1S/C11H15N3O2/c1-8-9(10(15)16)7-12-11(13-8)14-5-3-2-4-6-14/h7H,2-6H2,1H3,(H,15,16). The van der Waals surface area contributed by atoms with E-state index in [1.54, 1.807) is 6.92 Å². The maximum atomic E-state index is 10.8. The lowest BCUT2D eigenvalue weighted by Crippen LogP contribution is -2.31. The van der Waals surface area contributed by atoms with Crippen LogP contribution in [0.2, 0.25) is 0 Å². The first-order chi connectivity index (χ1) is 7.68. The predicted molar refractivity (Wildman–Crippen MR) is 59.8 cm³/mol. The number of piperidine rings is 1. The Balaban J connectivity index is 2.23. The lowest BCUT2D eigenvalue weighted by molar-refractivity contribution is 0.0695. The van der Waals surface area contributed by atoms with Crippen LogP contribution in [0.3, 0.4) is 0 Å². The van der Waals surface area contributed by atoms with E-state index in [1.807, 2.05) is 0 Å². The number of carbonyl (C=O) groups is 1. The predicted octanol–water partition coefficient (Wildman–Crippen LogP) is 1.47. The van der Waals surface area contributed by atoms with Gasteiger partial charge < -0.3 is 10.0 Å². The molecule has 0 amide bonds. The number of nitrogens with zero attached hydrogens (tertiary/aromatic N) is 3. The highest BCUT2D eigenvalue weighted by molar-refractivity contribution is 5.88. The minimum Gasteiger partial charge on any atom is -0.478 e. The molecule has 1 aromatic rings. The van der Waals surface area contributed by atoms with Gasteiger partial charge in [-0.3, -0.25) is 0 Å². The number of rotatable bonds is 2. The van der Waals surface area contributed by atoms with Crippen molar-refractivity contribution in [2.45, 2.75) is 26.2 Å². The van der Waals surface area contributed by atoms with Gasteiger partial charge in [0.2, 0.25) is 5.95 Å². The van der Waals surface area contributed by atoms with Gasteiger partial charge >= 0.3 is 5.97 Å². The number of anilines is 1. The fourth-order valence-corrected chi connectivity index (χ4v) is 1.91. The van der Waals surface area contributed by atoms with Crippen molar-refractivity contribution in [3.63, 3.8) is 0 Å². The van der Waals surface area contributed by atoms with Crippen LogP contribution in [0, 0.1) is 6.92 Å². The number of aryl methyl sites for hydroxylation is 1. The highest BCUT2D eigenvalue weighted by atomic mass is 16.4. The molecule has 1 aliphatic rings. The number of hydrogen-bond donors (Lipinski definition) is 1. The molecule has 16 heavy (non-hydrogen) atoms. The second-order valence-electron chi connectivity index (χ2n) is 4.02. The fraction of sp³-hybridized carbons (Fsp3) is 0.545. The van der Waals surface area contributed by atoms with E-state index >= 15 is 0 Å². The van der Waals surface area contributed by atoms with Crippen LogP contribution in [-0.2, 0) is 0 Å². The van der Waals surface area contributed by atoms with Crippen molar-refractivity contribution in [2.75, 3.05) is 18.0 Å². The molecule has 1 saturated heterocycles. The topological polar surface area (TPSA) is 66.3 Å². The minimum atomic E-state index is -0.970. The van der Waals surface area contributed by atoms with Crippen LogP contribution in [0.4, 0.5) is 5.95 Å². The average molecular weight is 221 g/mol. The van der Waals surface area contributed by atoms with E-state index in [0.29, 0.717) is 11.6 Å². The van der Waals surface area contributed by atoms with Gasteiger partial charge in [0, 0.05) is 19.3 Å². The summed E-state index contributed by atoms with van der Waals surface area (Å²) >= 11 is 0. The molecular formula is C11H15N3O2. The van der Waals surface area contributed by atoms with E-state index in [0.717, 1.165) is 25.9 Å². The quantitative estimate of drug-likeness (QED) is 0.819. The third kappa shape index (κ3) is 2.13. The number of hydrogen-bond acceptors (Lipinski definition) is 4.